The number of nitrogen functional groups attached to an aromatic ring is 1. The van der Waals surface area contributed by atoms with Crippen LogP contribution in [0.4, 0.5) is 10.2 Å². The number of amides is 1. The van der Waals surface area contributed by atoms with Crippen molar-refractivity contribution in [3.8, 4) is 0 Å². The maximum Gasteiger partial charge on any atom is 0.272 e. The van der Waals surface area contributed by atoms with Crippen LogP contribution < -0.4 is 11.1 Å². The van der Waals surface area contributed by atoms with E-state index in [1.54, 1.807) is 25.1 Å². The summed E-state index contributed by atoms with van der Waals surface area (Å²) >= 11 is 0. The van der Waals surface area contributed by atoms with Gasteiger partial charge < -0.3 is 11.1 Å². The molecular weight excluding hydrogens is 247 g/mol. The second-order valence-corrected chi connectivity index (χ2v) is 4.06. The lowest BCUT2D eigenvalue weighted by molar-refractivity contribution is 0.0933. The van der Waals surface area contributed by atoms with Crippen LogP contribution in [0, 0.1) is 5.82 Å². The van der Waals surface area contributed by atoms with Crippen molar-refractivity contribution in [2.24, 2.45) is 0 Å². The van der Waals surface area contributed by atoms with Gasteiger partial charge in [-0.2, -0.15) is 0 Å². The highest BCUT2D eigenvalue weighted by molar-refractivity contribution is 5.92. The topological polar surface area (TPSA) is 80.9 Å². The fourth-order valence-electron chi connectivity index (χ4n) is 1.64. The number of benzene rings is 1. The van der Waals surface area contributed by atoms with Crippen LogP contribution in [0.25, 0.3) is 0 Å². The minimum atomic E-state index is -0.465. The summed E-state index contributed by atoms with van der Waals surface area (Å²) in [5.74, 6) is -0.555. The number of rotatable bonds is 3. The van der Waals surface area contributed by atoms with Crippen LogP contribution in [0.1, 0.15) is 29.0 Å². The van der Waals surface area contributed by atoms with E-state index >= 15 is 0 Å². The minimum Gasteiger partial charge on any atom is -0.382 e. The van der Waals surface area contributed by atoms with Gasteiger partial charge in [0.05, 0.1) is 6.04 Å². The van der Waals surface area contributed by atoms with Crippen molar-refractivity contribution in [3.05, 3.63) is 53.5 Å². The van der Waals surface area contributed by atoms with Gasteiger partial charge in [0, 0.05) is 5.56 Å². The van der Waals surface area contributed by atoms with Gasteiger partial charge in [0.1, 0.15) is 11.6 Å². The predicted octanol–water partition coefficient (Wildman–Crippen LogP) is 1.69. The van der Waals surface area contributed by atoms with Crippen molar-refractivity contribution in [3.63, 3.8) is 0 Å². The first-order valence-electron chi connectivity index (χ1n) is 5.72. The number of halogens is 1. The SMILES string of the molecule is CC(NC(=O)c1ccc(N)nn1)c1ccccc1F. The molecule has 98 valence electrons. The van der Waals surface area contributed by atoms with Gasteiger partial charge in [-0.25, -0.2) is 4.39 Å². The first-order chi connectivity index (χ1) is 9.08. The maximum absolute atomic E-state index is 13.6. The molecule has 1 heterocycles. The molecule has 1 aromatic heterocycles. The van der Waals surface area contributed by atoms with Crippen molar-refractivity contribution >= 4 is 11.7 Å². The Labute approximate surface area is 109 Å². The lowest BCUT2D eigenvalue weighted by atomic mass is 10.1. The molecule has 0 aliphatic heterocycles. The van der Waals surface area contributed by atoms with E-state index in [2.05, 4.69) is 15.5 Å². The number of aromatic nitrogens is 2. The average Bonchev–Trinajstić information content (AvgIpc) is 2.39. The van der Waals surface area contributed by atoms with Gasteiger partial charge >= 0.3 is 0 Å². The summed E-state index contributed by atoms with van der Waals surface area (Å²) in [4.78, 5) is 11.9. The molecule has 2 aromatic rings. The van der Waals surface area contributed by atoms with E-state index in [1.165, 1.54) is 18.2 Å². The number of anilines is 1. The third-order valence-corrected chi connectivity index (χ3v) is 2.64. The van der Waals surface area contributed by atoms with Crippen LogP contribution in [0.3, 0.4) is 0 Å². The molecule has 6 heteroatoms. The number of hydrogen-bond acceptors (Lipinski definition) is 4. The first-order valence-corrected chi connectivity index (χ1v) is 5.72. The molecule has 0 spiro atoms. The highest BCUT2D eigenvalue weighted by Gasteiger charge is 2.15. The van der Waals surface area contributed by atoms with Crippen LogP contribution in [0.5, 0.6) is 0 Å². The van der Waals surface area contributed by atoms with Crippen LogP contribution in [0.2, 0.25) is 0 Å². The summed E-state index contributed by atoms with van der Waals surface area (Å²) in [6.45, 7) is 1.70. The van der Waals surface area contributed by atoms with Gasteiger partial charge in [0.25, 0.3) is 5.91 Å². The molecule has 0 bridgehead atoms. The zero-order valence-corrected chi connectivity index (χ0v) is 10.3. The van der Waals surface area contributed by atoms with Gasteiger partial charge in [-0.05, 0) is 25.1 Å². The molecular formula is C13H13FN4O. The molecule has 5 nitrogen and oxygen atoms in total. The Bertz CT molecular complexity index is 585. The summed E-state index contributed by atoms with van der Waals surface area (Å²) in [5, 5.41) is 9.91. The van der Waals surface area contributed by atoms with Crippen molar-refractivity contribution < 1.29 is 9.18 Å². The second-order valence-electron chi connectivity index (χ2n) is 4.06. The summed E-state index contributed by atoms with van der Waals surface area (Å²) in [5.41, 5.74) is 5.94. The van der Waals surface area contributed by atoms with Gasteiger partial charge in [0.15, 0.2) is 5.69 Å². The fourth-order valence-corrected chi connectivity index (χ4v) is 1.64. The lowest BCUT2D eigenvalue weighted by Crippen LogP contribution is -2.28. The van der Waals surface area contributed by atoms with E-state index in [4.69, 9.17) is 5.73 Å². The Kier molecular flexibility index (Phi) is 3.70. The molecule has 1 atom stereocenters. The van der Waals surface area contributed by atoms with E-state index in [9.17, 15) is 9.18 Å². The Morgan fingerprint density at radius 3 is 2.63 bits per heavy atom. The van der Waals surface area contributed by atoms with Gasteiger partial charge in [0.2, 0.25) is 0 Å². The van der Waals surface area contributed by atoms with E-state index in [0.29, 0.717) is 5.56 Å². The molecule has 2 rings (SSSR count). The molecule has 0 radical (unpaired) electrons. The molecule has 0 saturated heterocycles. The average molecular weight is 260 g/mol. The Hall–Kier alpha value is -2.50. The quantitative estimate of drug-likeness (QED) is 0.880. The maximum atomic E-state index is 13.6. The third-order valence-electron chi connectivity index (χ3n) is 2.64. The zero-order valence-electron chi connectivity index (χ0n) is 10.3. The Morgan fingerprint density at radius 1 is 1.26 bits per heavy atom. The van der Waals surface area contributed by atoms with Crippen LogP contribution in [-0.4, -0.2) is 16.1 Å². The molecule has 0 saturated carbocycles. The normalized spacial score (nSPS) is 11.9. The standard InChI is InChI=1S/C13H13FN4O/c1-8(9-4-2-3-5-10(9)14)16-13(19)11-6-7-12(15)18-17-11/h2-8H,1H3,(H2,15,18)(H,16,19). The highest BCUT2D eigenvalue weighted by atomic mass is 19.1. The van der Waals surface area contributed by atoms with E-state index in [-0.39, 0.29) is 17.3 Å². The monoisotopic (exact) mass is 260 g/mol. The first kappa shape index (κ1) is 12.9. The zero-order chi connectivity index (χ0) is 13.8. The lowest BCUT2D eigenvalue weighted by Gasteiger charge is -2.14. The summed E-state index contributed by atoms with van der Waals surface area (Å²) in [6, 6.07) is 8.76. The summed E-state index contributed by atoms with van der Waals surface area (Å²) in [6.07, 6.45) is 0. The second kappa shape index (κ2) is 5.43. The fraction of sp³-hybridized carbons (Fsp3) is 0.154. The molecule has 1 unspecified atom stereocenters. The van der Waals surface area contributed by atoms with Crippen molar-refractivity contribution in [2.45, 2.75) is 13.0 Å². The molecule has 1 aromatic carbocycles. The Morgan fingerprint density at radius 2 is 2.00 bits per heavy atom. The molecule has 0 aliphatic rings. The molecule has 0 fully saturated rings. The predicted molar refractivity (Wildman–Crippen MR) is 68.7 cm³/mol. The minimum absolute atomic E-state index is 0.136. The Balaban J connectivity index is 2.11. The van der Waals surface area contributed by atoms with Crippen molar-refractivity contribution in [2.75, 3.05) is 5.73 Å². The number of nitrogens with two attached hydrogens (primary N) is 1. The molecule has 1 amide bonds. The molecule has 19 heavy (non-hydrogen) atoms. The van der Waals surface area contributed by atoms with Crippen molar-refractivity contribution in [1.82, 2.24) is 15.5 Å². The number of nitrogens with zero attached hydrogens (tertiary/aromatic N) is 2. The molecule has 0 aliphatic carbocycles. The van der Waals surface area contributed by atoms with Gasteiger partial charge in [-0.1, -0.05) is 18.2 Å². The molecule has 3 N–H and O–H groups in total. The number of hydrogen-bond donors (Lipinski definition) is 2. The van der Waals surface area contributed by atoms with Crippen LogP contribution in [-0.2, 0) is 0 Å². The summed E-state index contributed by atoms with van der Waals surface area (Å²) < 4.78 is 13.6. The van der Waals surface area contributed by atoms with Gasteiger partial charge in [-0.15, -0.1) is 10.2 Å². The van der Waals surface area contributed by atoms with Crippen molar-refractivity contribution in [1.29, 1.82) is 0 Å². The number of carbonyl (C=O) groups is 1. The van der Waals surface area contributed by atoms with Gasteiger partial charge in [-0.3, -0.25) is 4.79 Å². The third kappa shape index (κ3) is 3.04. The largest absolute Gasteiger partial charge is 0.382 e. The smallest absolute Gasteiger partial charge is 0.272 e. The summed E-state index contributed by atoms with van der Waals surface area (Å²) in [7, 11) is 0. The van der Waals surface area contributed by atoms with Crippen LogP contribution >= 0.6 is 0 Å². The van der Waals surface area contributed by atoms with E-state index < -0.39 is 11.9 Å². The van der Waals surface area contributed by atoms with E-state index in [1.807, 2.05) is 0 Å². The number of carbonyl (C=O) groups excluding carboxylic acids is 1. The highest BCUT2D eigenvalue weighted by Crippen LogP contribution is 2.16. The van der Waals surface area contributed by atoms with E-state index in [0.717, 1.165) is 0 Å². The van der Waals surface area contributed by atoms with Crippen LogP contribution in [0.15, 0.2) is 36.4 Å². The number of nitrogens with one attached hydrogen (secondary N) is 1.